The van der Waals surface area contributed by atoms with Gasteiger partial charge >= 0.3 is 0 Å². The van der Waals surface area contributed by atoms with Crippen LogP contribution in [0.3, 0.4) is 0 Å². The Kier molecular flexibility index (Phi) is 4.24. The van der Waals surface area contributed by atoms with Gasteiger partial charge in [0.2, 0.25) is 0 Å². The van der Waals surface area contributed by atoms with Gasteiger partial charge < -0.3 is 5.32 Å². The summed E-state index contributed by atoms with van der Waals surface area (Å²) in [6, 6.07) is 10.4. The van der Waals surface area contributed by atoms with Gasteiger partial charge in [-0.1, -0.05) is 41.9 Å². The second-order valence-electron chi connectivity index (χ2n) is 7.52. The van der Waals surface area contributed by atoms with E-state index in [-0.39, 0.29) is 0 Å². The highest BCUT2D eigenvalue weighted by Crippen LogP contribution is 2.40. The fourth-order valence-electron chi connectivity index (χ4n) is 3.66. The van der Waals surface area contributed by atoms with Gasteiger partial charge in [0.25, 0.3) is 0 Å². The van der Waals surface area contributed by atoms with Crippen LogP contribution in [-0.2, 0) is 0 Å². The average Bonchev–Trinajstić information content (AvgIpc) is 2.37. The van der Waals surface area contributed by atoms with Crippen molar-refractivity contribution in [2.75, 3.05) is 0 Å². The molecule has 2 aliphatic carbocycles. The second kappa shape index (κ2) is 5.81. The predicted molar refractivity (Wildman–Crippen MR) is 89.1 cm³/mol. The second-order valence-corrected chi connectivity index (χ2v) is 8.44. The lowest BCUT2D eigenvalue weighted by Crippen LogP contribution is -2.47. The number of halogens is 1. The molecule has 3 rings (SSSR count). The third-order valence-electron chi connectivity index (χ3n) is 5.29. The van der Waals surface area contributed by atoms with Gasteiger partial charge in [0.05, 0.1) is 0 Å². The fraction of sp³-hybridized carbons (Fsp3) is 0.667. The zero-order valence-electron chi connectivity index (χ0n) is 12.7. The van der Waals surface area contributed by atoms with Crippen LogP contribution in [0.4, 0.5) is 0 Å². The first-order valence-corrected chi connectivity index (χ1v) is 8.83. The summed E-state index contributed by atoms with van der Waals surface area (Å²) in [6.07, 6.45) is 8.14. The minimum absolute atomic E-state index is 0.581. The molecule has 110 valence electrons. The molecule has 0 amide bonds. The highest BCUT2D eigenvalue weighted by atomic mass is 79.9. The number of nitrogens with one attached hydrogen (secondary N) is 1. The van der Waals surface area contributed by atoms with Crippen LogP contribution in [0.2, 0.25) is 0 Å². The molecule has 1 nitrogen and oxygen atoms in total. The van der Waals surface area contributed by atoms with Crippen LogP contribution < -0.4 is 5.32 Å². The Hall–Kier alpha value is -0.340. The maximum atomic E-state index is 3.89. The van der Waals surface area contributed by atoms with Crippen LogP contribution in [0.1, 0.15) is 63.9 Å². The van der Waals surface area contributed by atoms with Crippen LogP contribution in [0.25, 0.3) is 0 Å². The van der Waals surface area contributed by atoms with Crippen LogP contribution in [0.15, 0.2) is 28.7 Å². The first kappa shape index (κ1) is 14.6. The van der Waals surface area contributed by atoms with Gasteiger partial charge in [-0.2, -0.15) is 0 Å². The summed E-state index contributed by atoms with van der Waals surface area (Å²) in [4.78, 5) is 0. The molecule has 2 aliphatic rings. The van der Waals surface area contributed by atoms with Crippen molar-refractivity contribution >= 4 is 15.9 Å². The van der Waals surface area contributed by atoms with E-state index in [1.54, 1.807) is 0 Å². The van der Waals surface area contributed by atoms with E-state index in [4.69, 9.17) is 0 Å². The van der Waals surface area contributed by atoms with Gasteiger partial charge in [-0.3, -0.25) is 0 Å². The average molecular weight is 336 g/mol. The molecule has 20 heavy (non-hydrogen) atoms. The standard InChI is InChI=1S/C18H26BrN/c1-18(2)9-7-16(8-10-18)20-17-11-14(12-17)13-3-5-15(19)6-4-13/h3-6,14,16-17,20H,7-12H2,1-2H3. The number of hydrogen-bond acceptors (Lipinski definition) is 1. The summed E-state index contributed by atoms with van der Waals surface area (Å²) in [5.74, 6) is 0.778. The highest BCUT2D eigenvalue weighted by molar-refractivity contribution is 9.10. The molecule has 1 aromatic carbocycles. The largest absolute Gasteiger partial charge is 0.311 e. The Balaban J connectivity index is 1.43. The molecule has 2 heteroatoms. The molecule has 0 atom stereocenters. The van der Waals surface area contributed by atoms with Crippen molar-refractivity contribution in [3.8, 4) is 0 Å². The zero-order chi connectivity index (χ0) is 14.2. The van der Waals surface area contributed by atoms with Crippen molar-refractivity contribution < 1.29 is 0 Å². The van der Waals surface area contributed by atoms with Crippen molar-refractivity contribution in [1.82, 2.24) is 5.32 Å². The van der Waals surface area contributed by atoms with E-state index >= 15 is 0 Å². The summed E-state index contributed by atoms with van der Waals surface area (Å²) in [6.45, 7) is 4.83. The zero-order valence-corrected chi connectivity index (χ0v) is 14.2. The van der Waals surface area contributed by atoms with Crippen LogP contribution in [0.5, 0.6) is 0 Å². The summed E-state index contributed by atoms with van der Waals surface area (Å²) in [7, 11) is 0. The summed E-state index contributed by atoms with van der Waals surface area (Å²) < 4.78 is 1.18. The fourth-order valence-corrected chi connectivity index (χ4v) is 3.92. The first-order valence-electron chi connectivity index (χ1n) is 8.03. The van der Waals surface area contributed by atoms with Crippen LogP contribution >= 0.6 is 15.9 Å². The SMILES string of the molecule is CC1(C)CCC(NC2CC(c3ccc(Br)cc3)C2)CC1. The maximum absolute atomic E-state index is 3.89. The van der Waals surface area contributed by atoms with Crippen molar-refractivity contribution in [1.29, 1.82) is 0 Å². The van der Waals surface area contributed by atoms with E-state index in [0.717, 1.165) is 18.0 Å². The molecule has 0 heterocycles. The third kappa shape index (κ3) is 3.46. The van der Waals surface area contributed by atoms with Gasteiger partial charge in [-0.15, -0.1) is 0 Å². The third-order valence-corrected chi connectivity index (χ3v) is 5.82. The Morgan fingerprint density at radius 1 is 1.00 bits per heavy atom. The quantitative estimate of drug-likeness (QED) is 0.794. The van der Waals surface area contributed by atoms with Crippen molar-refractivity contribution in [3.05, 3.63) is 34.3 Å². The van der Waals surface area contributed by atoms with Gasteiger partial charge in [0.15, 0.2) is 0 Å². The van der Waals surface area contributed by atoms with E-state index in [0.29, 0.717) is 5.41 Å². The van der Waals surface area contributed by atoms with Gasteiger partial charge in [-0.25, -0.2) is 0 Å². The van der Waals surface area contributed by atoms with E-state index in [9.17, 15) is 0 Å². The van der Waals surface area contributed by atoms with E-state index in [2.05, 4.69) is 59.4 Å². The molecule has 0 spiro atoms. The van der Waals surface area contributed by atoms with Crippen molar-refractivity contribution in [3.63, 3.8) is 0 Å². The minimum atomic E-state index is 0.581. The van der Waals surface area contributed by atoms with Gasteiger partial charge in [0, 0.05) is 16.6 Å². The lowest BCUT2D eigenvalue weighted by atomic mass is 9.73. The Morgan fingerprint density at radius 3 is 2.20 bits per heavy atom. The Labute approximate surface area is 131 Å². The summed E-state index contributed by atoms with van der Waals surface area (Å²) >= 11 is 3.51. The molecule has 0 aliphatic heterocycles. The van der Waals surface area contributed by atoms with Crippen LogP contribution in [0, 0.1) is 5.41 Å². The number of benzene rings is 1. The number of hydrogen-bond donors (Lipinski definition) is 1. The molecule has 0 saturated heterocycles. The van der Waals surface area contributed by atoms with E-state index < -0.39 is 0 Å². The predicted octanol–water partition coefficient (Wildman–Crippen LogP) is 5.25. The topological polar surface area (TPSA) is 12.0 Å². The highest BCUT2D eigenvalue weighted by Gasteiger charge is 2.33. The number of rotatable bonds is 3. The molecule has 0 aromatic heterocycles. The lowest BCUT2D eigenvalue weighted by Gasteiger charge is -2.42. The monoisotopic (exact) mass is 335 g/mol. The van der Waals surface area contributed by atoms with E-state index in [1.165, 1.54) is 48.6 Å². The maximum Gasteiger partial charge on any atom is 0.0175 e. The molecule has 0 unspecified atom stereocenters. The molecular formula is C18H26BrN. The smallest absolute Gasteiger partial charge is 0.0175 e. The van der Waals surface area contributed by atoms with Crippen molar-refractivity contribution in [2.24, 2.45) is 5.41 Å². The normalized spacial score (nSPS) is 29.9. The molecular weight excluding hydrogens is 310 g/mol. The van der Waals surface area contributed by atoms with Crippen LogP contribution in [-0.4, -0.2) is 12.1 Å². The molecule has 1 N–H and O–H groups in total. The lowest BCUT2D eigenvalue weighted by molar-refractivity contribution is 0.174. The summed E-state index contributed by atoms with van der Waals surface area (Å²) in [5.41, 5.74) is 2.09. The van der Waals surface area contributed by atoms with Crippen molar-refractivity contribution in [2.45, 2.75) is 70.4 Å². The first-order chi connectivity index (χ1) is 9.52. The molecule has 0 radical (unpaired) electrons. The molecule has 1 aromatic rings. The van der Waals surface area contributed by atoms with E-state index in [1.807, 2.05) is 0 Å². The Bertz CT molecular complexity index is 435. The molecule has 2 saturated carbocycles. The molecule has 2 fully saturated rings. The minimum Gasteiger partial charge on any atom is -0.311 e. The summed E-state index contributed by atoms with van der Waals surface area (Å²) in [5, 5.41) is 3.89. The Morgan fingerprint density at radius 2 is 1.60 bits per heavy atom. The molecule has 0 bridgehead atoms. The van der Waals surface area contributed by atoms with Gasteiger partial charge in [-0.05, 0) is 67.6 Å². The van der Waals surface area contributed by atoms with Gasteiger partial charge in [0.1, 0.15) is 0 Å².